The monoisotopic (exact) mass is 226 g/mol. The van der Waals surface area contributed by atoms with Crippen LogP contribution < -0.4 is 0 Å². The first-order valence-corrected chi connectivity index (χ1v) is 5.62. The Labute approximate surface area is 94.5 Å². The van der Waals surface area contributed by atoms with E-state index in [1.807, 2.05) is 0 Å². The molecule has 0 atom stereocenters. The highest BCUT2D eigenvalue weighted by atomic mass is 19.2. The van der Waals surface area contributed by atoms with Gasteiger partial charge in [0.1, 0.15) is 0 Å². The Hall–Kier alpha value is -1.25. The van der Waals surface area contributed by atoms with Crippen molar-refractivity contribution in [2.75, 3.05) is 0 Å². The number of carbonyl (C=O) groups excluding carboxylic acids is 1. The summed E-state index contributed by atoms with van der Waals surface area (Å²) < 4.78 is 26.7. The van der Waals surface area contributed by atoms with E-state index in [-0.39, 0.29) is 5.56 Å². The van der Waals surface area contributed by atoms with E-state index >= 15 is 0 Å². The van der Waals surface area contributed by atoms with Crippen LogP contribution >= 0.6 is 0 Å². The highest BCUT2D eigenvalue weighted by Gasteiger charge is 2.12. The lowest BCUT2D eigenvalue weighted by Gasteiger charge is -2.05. The minimum absolute atomic E-state index is 0.213. The van der Waals surface area contributed by atoms with Gasteiger partial charge in [-0.3, -0.25) is 4.79 Å². The van der Waals surface area contributed by atoms with Crippen molar-refractivity contribution < 1.29 is 13.6 Å². The van der Waals surface area contributed by atoms with Crippen LogP contribution in [0.1, 0.15) is 48.5 Å². The molecular formula is C13H16F2O. The molecule has 0 unspecified atom stereocenters. The van der Waals surface area contributed by atoms with Gasteiger partial charge in [-0.15, -0.1) is 0 Å². The SMILES string of the molecule is CCCCCCc1ccc(C=O)c(F)c1F. The van der Waals surface area contributed by atoms with Gasteiger partial charge >= 0.3 is 0 Å². The molecule has 0 aliphatic carbocycles. The Morgan fingerprint density at radius 1 is 1.12 bits per heavy atom. The van der Waals surface area contributed by atoms with Crippen LogP contribution in [0.4, 0.5) is 8.78 Å². The third-order valence-corrected chi connectivity index (χ3v) is 2.62. The van der Waals surface area contributed by atoms with Gasteiger partial charge in [-0.05, 0) is 24.5 Å². The van der Waals surface area contributed by atoms with Gasteiger partial charge in [0.15, 0.2) is 17.9 Å². The summed E-state index contributed by atoms with van der Waals surface area (Å²) >= 11 is 0. The number of aldehydes is 1. The van der Waals surface area contributed by atoms with Crippen LogP contribution in [0.15, 0.2) is 12.1 Å². The number of halogens is 2. The van der Waals surface area contributed by atoms with Gasteiger partial charge in [-0.2, -0.15) is 0 Å². The zero-order valence-electron chi connectivity index (χ0n) is 9.43. The summed E-state index contributed by atoms with van der Waals surface area (Å²) in [4.78, 5) is 10.4. The lowest BCUT2D eigenvalue weighted by molar-refractivity contribution is 0.111. The number of benzene rings is 1. The molecule has 0 fully saturated rings. The third kappa shape index (κ3) is 3.12. The van der Waals surface area contributed by atoms with Crippen LogP contribution in [0.3, 0.4) is 0 Å². The molecule has 1 aromatic rings. The second kappa shape index (κ2) is 6.36. The average molecular weight is 226 g/mol. The molecule has 3 heteroatoms. The Balaban J connectivity index is 2.67. The molecule has 1 aromatic carbocycles. The molecule has 0 bridgehead atoms. The van der Waals surface area contributed by atoms with Crippen molar-refractivity contribution in [2.24, 2.45) is 0 Å². The summed E-state index contributed by atoms with van der Waals surface area (Å²) in [5.74, 6) is -1.90. The minimum Gasteiger partial charge on any atom is -0.298 e. The summed E-state index contributed by atoms with van der Waals surface area (Å²) in [6.07, 6.45) is 4.95. The summed E-state index contributed by atoms with van der Waals surface area (Å²) in [6, 6.07) is 2.83. The van der Waals surface area contributed by atoms with E-state index in [4.69, 9.17) is 0 Å². The Kier molecular flexibility index (Phi) is 5.09. The van der Waals surface area contributed by atoms with Crippen LogP contribution in [0.2, 0.25) is 0 Å². The van der Waals surface area contributed by atoms with Crippen LogP contribution in [-0.4, -0.2) is 6.29 Å². The molecule has 0 aliphatic heterocycles. The first kappa shape index (κ1) is 12.8. The molecule has 0 saturated heterocycles. The predicted octanol–water partition coefficient (Wildman–Crippen LogP) is 3.90. The van der Waals surface area contributed by atoms with Gasteiger partial charge in [-0.1, -0.05) is 32.3 Å². The van der Waals surface area contributed by atoms with E-state index in [9.17, 15) is 13.6 Å². The van der Waals surface area contributed by atoms with Crippen molar-refractivity contribution >= 4 is 6.29 Å². The maximum Gasteiger partial charge on any atom is 0.169 e. The normalized spacial score (nSPS) is 10.4. The van der Waals surface area contributed by atoms with E-state index in [0.717, 1.165) is 25.7 Å². The standard InChI is InChI=1S/C13H16F2O/c1-2-3-4-5-6-10-7-8-11(9-16)13(15)12(10)14/h7-9H,2-6H2,1H3. The molecule has 1 rings (SSSR count). The number of unbranched alkanes of at least 4 members (excludes halogenated alkanes) is 3. The van der Waals surface area contributed by atoms with Gasteiger partial charge in [0, 0.05) is 0 Å². The van der Waals surface area contributed by atoms with E-state index in [1.165, 1.54) is 12.1 Å². The smallest absolute Gasteiger partial charge is 0.169 e. The Bertz CT molecular complexity index is 361. The molecule has 0 heterocycles. The van der Waals surface area contributed by atoms with Gasteiger partial charge < -0.3 is 0 Å². The fraction of sp³-hybridized carbons (Fsp3) is 0.462. The first-order valence-electron chi connectivity index (χ1n) is 5.62. The molecule has 1 nitrogen and oxygen atoms in total. The number of hydrogen-bond acceptors (Lipinski definition) is 1. The fourth-order valence-electron chi connectivity index (χ4n) is 1.63. The van der Waals surface area contributed by atoms with E-state index in [2.05, 4.69) is 6.92 Å². The molecular weight excluding hydrogens is 210 g/mol. The van der Waals surface area contributed by atoms with E-state index < -0.39 is 11.6 Å². The molecule has 0 amide bonds. The maximum atomic E-state index is 13.4. The second-order valence-corrected chi connectivity index (χ2v) is 3.87. The quantitative estimate of drug-likeness (QED) is 0.531. The third-order valence-electron chi connectivity index (χ3n) is 2.62. The molecule has 16 heavy (non-hydrogen) atoms. The van der Waals surface area contributed by atoms with Crippen LogP contribution in [-0.2, 0) is 6.42 Å². The van der Waals surface area contributed by atoms with Crippen molar-refractivity contribution in [2.45, 2.75) is 39.0 Å². The lowest BCUT2D eigenvalue weighted by Crippen LogP contribution is -1.99. The lowest BCUT2D eigenvalue weighted by atomic mass is 10.0. The molecule has 0 N–H and O–H groups in total. The summed E-state index contributed by atoms with van der Waals surface area (Å²) in [7, 11) is 0. The molecule has 0 spiro atoms. The molecule has 0 saturated carbocycles. The predicted molar refractivity (Wildman–Crippen MR) is 59.6 cm³/mol. The fourth-order valence-corrected chi connectivity index (χ4v) is 1.63. The first-order chi connectivity index (χ1) is 7.70. The Morgan fingerprint density at radius 3 is 2.50 bits per heavy atom. The Morgan fingerprint density at radius 2 is 1.88 bits per heavy atom. The zero-order chi connectivity index (χ0) is 12.0. The second-order valence-electron chi connectivity index (χ2n) is 3.87. The zero-order valence-corrected chi connectivity index (χ0v) is 9.43. The highest BCUT2D eigenvalue weighted by molar-refractivity contribution is 5.75. The van der Waals surface area contributed by atoms with Crippen LogP contribution in [0, 0.1) is 11.6 Å². The topological polar surface area (TPSA) is 17.1 Å². The number of aryl methyl sites for hydroxylation is 1. The van der Waals surface area contributed by atoms with Gasteiger partial charge in [0.25, 0.3) is 0 Å². The van der Waals surface area contributed by atoms with Crippen molar-refractivity contribution in [1.29, 1.82) is 0 Å². The van der Waals surface area contributed by atoms with Crippen molar-refractivity contribution in [3.63, 3.8) is 0 Å². The van der Waals surface area contributed by atoms with Gasteiger partial charge in [-0.25, -0.2) is 8.78 Å². The maximum absolute atomic E-state index is 13.4. The molecule has 0 radical (unpaired) electrons. The van der Waals surface area contributed by atoms with Crippen molar-refractivity contribution in [3.05, 3.63) is 34.9 Å². The van der Waals surface area contributed by atoms with Crippen LogP contribution in [0.25, 0.3) is 0 Å². The number of rotatable bonds is 6. The summed E-state index contributed by atoms with van der Waals surface area (Å²) in [5.41, 5.74) is 0.147. The number of hydrogen-bond donors (Lipinski definition) is 0. The summed E-state index contributed by atoms with van der Waals surface area (Å²) in [6.45, 7) is 2.10. The van der Waals surface area contributed by atoms with Crippen LogP contribution in [0.5, 0.6) is 0 Å². The van der Waals surface area contributed by atoms with Gasteiger partial charge in [0.2, 0.25) is 0 Å². The van der Waals surface area contributed by atoms with Crippen molar-refractivity contribution in [3.8, 4) is 0 Å². The average Bonchev–Trinajstić information content (AvgIpc) is 2.30. The van der Waals surface area contributed by atoms with E-state index in [0.29, 0.717) is 18.3 Å². The minimum atomic E-state index is -1.03. The largest absolute Gasteiger partial charge is 0.298 e. The molecule has 88 valence electrons. The molecule has 0 aliphatic rings. The number of carbonyl (C=O) groups is 1. The highest BCUT2D eigenvalue weighted by Crippen LogP contribution is 2.17. The molecule has 0 aromatic heterocycles. The van der Waals surface area contributed by atoms with E-state index in [1.54, 1.807) is 0 Å². The van der Waals surface area contributed by atoms with Gasteiger partial charge in [0.05, 0.1) is 5.56 Å². The van der Waals surface area contributed by atoms with Crippen molar-refractivity contribution in [1.82, 2.24) is 0 Å². The summed E-state index contributed by atoms with van der Waals surface area (Å²) in [5, 5.41) is 0.